The summed E-state index contributed by atoms with van der Waals surface area (Å²) in [6, 6.07) is 7.33. The van der Waals surface area contributed by atoms with Crippen LogP contribution in [0.4, 0.5) is 0 Å². The zero-order chi connectivity index (χ0) is 13.5. The molecule has 104 valence electrons. The van der Waals surface area contributed by atoms with E-state index in [0.29, 0.717) is 12.2 Å². The molecule has 1 aliphatic rings. The lowest BCUT2D eigenvalue weighted by atomic mass is 10.0. The number of aldehydes is 1. The van der Waals surface area contributed by atoms with Gasteiger partial charge in [0.2, 0.25) is 0 Å². The molecule has 1 heterocycles. The molecule has 19 heavy (non-hydrogen) atoms. The van der Waals surface area contributed by atoms with Gasteiger partial charge in [0, 0.05) is 18.7 Å². The molecule has 0 unspecified atom stereocenters. The number of piperidine rings is 1. The Kier molecular flexibility index (Phi) is 5.40. The Morgan fingerprint density at radius 1 is 1.47 bits per heavy atom. The summed E-state index contributed by atoms with van der Waals surface area (Å²) in [7, 11) is 0. The van der Waals surface area contributed by atoms with E-state index in [0.717, 1.165) is 30.9 Å². The summed E-state index contributed by atoms with van der Waals surface area (Å²) in [4.78, 5) is 13.2. The molecule has 1 atom stereocenters. The van der Waals surface area contributed by atoms with E-state index in [1.807, 2.05) is 12.1 Å². The van der Waals surface area contributed by atoms with Crippen molar-refractivity contribution in [2.45, 2.75) is 26.2 Å². The van der Waals surface area contributed by atoms with Crippen molar-refractivity contribution in [1.29, 1.82) is 0 Å². The van der Waals surface area contributed by atoms with Crippen LogP contribution in [0.3, 0.4) is 0 Å². The molecule has 0 saturated carbocycles. The third kappa shape index (κ3) is 4.67. The fraction of sp³-hybridized carbons (Fsp3) is 0.562. The van der Waals surface area contributed by atoms with Gasteiger partial charge in [0.05, 0.1) is 6.61 Å². The second kappa shape index (κ2) is 7.29. The minimum atomic E-state index is 0.669. The van der Waals surface area contributed by atoms with Gasteiger partial charge in [-0.1, -0.05) is 19.1 Å². The van der Waals surface area contributed by atoms with E-state index < -0.39 is 0 Å². The number of likely N-dealkylation sites (tertiary alicyclic amines) is 1. The van der Waals surface area contributed by atoms with Gasteiger partial charge in [0.1, 0.15) is 12.0 Å². The van der Waals surface area contributed by atoms with Crippen LogP contribution in [0.5, 0.6) is 5.75 Å². The molecular formula is C16H23NO2. The van der Waals surface area contributed by atoms with E-state index in [-0.39, 0.29) is 0 Å². The third-order valence-corrected chi connectivity index (χ3v) is 3.62. The van der Waals surface area contributed by atoms with Crippen molar-refractivity contribution in [1.82, 2.24) is 4.90 Å². The van der Waals surface area contributed by atoms with Crippen LogP contribution in [0, 0.1) is 5.92 Å². The van der Waals surface area contributed by atoms with Crippen molar-refractivity contribution in [2.24, 2.45) is 5.92 Å². The number of hydrogen-bond acceptors (Lipinski definition) is 3. The van der Waals surface area contributed by atoms with Crippen molar-refractivity contribution in [3.63, 3.8) is 0 Å². The van der Waals surface area contributed by atoms with Gasteiger partial charge in [-0.05, 0) is 43.9 Å². The van der Waals surface area contributed by atoms with Gasteiger partial charge in [-0.2, -0.15) is 0 Å². The van der Waals surface area contributed by atoms with Crippen LogP contribution in [0.1, 0.15) is 36.5 Å². The number of nitrogens with zero attached hydrogens (tertiary/aromatic N) is 1. The fourth-order valence-corrected chi connectivity index (χ4v) is 2.65. The van der Waals surface area contributed by atoms with Crippen LogP contribution in [-0.4, -0.2) is 37.4 Å². The van der Waals surface area contributed by atoms with Gasteiger partial charge in [0.25, 0.3) is 0 Å². The molecule has 3 heteroatoms. The van der Waals surface area contributed by atoms with Crippen molar-refractivity contribution in [3.8, 4) is 5.75 Å². The molecule has 0 radical (unpaired) electrons. The molecule has 1 fully saturated rings. The number of ether oxygens (including phenoxy) is 1. The maximum Gasteiger partial charge on any atom is 0.150 e. The Balaban J connectivity index is 1.67. The molecule has 1 aromatic carbocycles. The molecule has 0 amide bonds. The second-order valence-corrected chi connectivity index (χ2v) is 5.44. The topological polar surface area (TPSA) is 29.5 Å². The summed E-state index contributed by atoms with van der Waals surface area (Å²) in [6.07, 6.45) is 4.58. The van der Waals surface area contributed by atoms with Gasteiger partial charge in [-0.25, -0.2) is 0 Å². The Hall–Kier alpha value is -1.35. The summed E-state index contributed by atoms with van der Waals surface area (Å²) in [5.41, 5.74) is 0.669. The monoisotopic (exact) mass is 261 g/mol. The molecule has 0 spiro atoms. The highest BCUT2D eigenvalue weighted by molar-refractivity contribution is 5.75. The van der Waals surface area contributed by atoms with Gasteiger partial charge < -0.3 is 9.64 Å². The predicted molar refractivity (Wildman–Crippen MR) is 76.8 cm³/mol. The molecule has 3 nitrogen and oxygen atoms in total. The number of carbonyl (C=O) groups excluding carboxylic acids is 1. The van der Waals surface area contributed by atoms with Crippen molar-refractivity contribution in [3.05, 3.63) is 29.8 Å². The second-order valence-electron chi connectivity index (χ2n) is 5.44. The maximum absolute atomic E-state index is 10.7. The van der Waals surface area contributed by atoms with E-state index in [1.165, 1.54) is 25.9 Å². The summed E-state index contributed by atoms with van der Waals surface area (Å²) >= 11 is 0. The molecular weight excluding hydrogens is 238 g/mol. The average molecular weight is 261 g/mol. The smallest absolute Gasteiger partial charge is 0.150 e. The van der Waals surface area contributed by atoms with Gasteiger partial charge in [-0.3, -0.25) is 4.79 Å². The van der Waals surface area contributed by atoms with Crippen molar-refractivity contribution >= 4 is 6.29 Å². The van der Waals surface area contributed by atoms with Crippen LogP contribution in [-0.2, 0) is 0 Å². The zero-order valence-corrected chi connectivity index (χ0v) is 11.7. The Morgan fingerprint density at radius 2 is 2.37 bits per heavy atom. The van der Waals surface area contributed by atoms with Crippen LogP contribution in [0.25, 0.3) is 0 Å². The average Bonchev–Trinajstić information content (AvgIpc) is 2.44. The lowest BCUT2D eigenvalue weighted by Gasteiger charge is -2.30. The van der Waals surface area contributed by atoms with Crippen molar-refractivity contribution < 1.29 is 9.53 Å². The predicted octanol–water partition coefficient (Wildman–Crippen LogP) is 3.00. The number of benzene rings is 1. The van der Waals surface area contributed by atoms with E-state index in [4.69, 9.17) is 4.74 Å². The normalized spacial score (nSPS) is 20.2. The highest BCUT2D eigenvalue weighted by Gasteiger charge is 2.15. The first-order valence-electron chi connectivity index (χ1n) is 7.18. The SMILES string of the molecule is C[C@H]1CCCN(CCCOc2cccc(C=O)c2)C1. The quantitative estimate of drug-likeness (QED) is 0.582. The minimum Gasteiger partial charge on any atom is -0.494 e. The molecule has 0 N–H and O–H groups in total. The Morgan fingerprint density at radius 3 is 3.16 bits per heavy atom. The molecule has 1 saturated heterocycles. The highest BCUT2D eigenvalue weighted by atomic mass is 16.5. The molecule has 1 aromatic rings. The minimum absolute atomic E-state index is 0.669. The largest absolute Gasteiger partial charge is 0.494 e. The summed E-state index contributed by atoms with van der Waals surface area (Å²) in [5, 5.41) is 0. The summed E-state index contributed by atoms with van der Waals surface area (Å²) in [6.45, 7) is 6.60. The van der Waals surface area contributed by atoms with Gasteiger partial charge >= 0.3 is 0 Å². The first-order valence-corrected chi connectivity index (χ1v) is 7.18. The highest BCUT2D eigenvalue weighted by Crippen LogP contribution is 2.16. The van der Waals surface area contributed by atoms with Crippen molar-refractivity contribution in [2.75, 3.05) is 26.2 Å². The lowest BCUT2D eigenvalue weighted by molar-refractivity contribution is 0.112. The number of hydrogen-bond donors (Lipinski definition) is 0. The molecule has 0 aromatic heterocycles. The maximum atomic E-state index is 10.7. The molecule has 0 aliphatic carbocycles. The first-order chi connectivity index (χ1) is 9.28. The van der Waals surface area contributed by atoms with Gasteiger partial charge in [0.15, 0.2) is 0 Å². The van der Waals surface area contributed by atoms with Crippen LogP contribution in [0.2, 0.25) is 0 Å². The van der Waals surface area contributed by atoms with E-state index >= 15 is 0 Å². The van der Waals surface area contributed by atoms with Gasteiger partial charge in [-0.15, -0.1) is 0 Å². The summed E-state index contributed by atoms with van der Waals surface area (Å²) in [5.74, 6) is 1.62. The number of rotatable bonds is 6. The first kappa shape index (κ1) is 14.1. The Labute approximate surface area is 115 Å². The third-order valence-electron chi connectivity index (χ3n) is 3.62. The molecule has 2 rings (SSSR count). The molecule has 0 bridgehead atoms. The van der Waals surface area contributed by atoms with Crippen LogP contribution < -0.4 is 4.74 Å². The van der Waals surface area contributed by atoms with Crippen LogP contribution in [0.15, 0.2) is 24.3 Å². The van der Waals surface area contributed by atoms with E-state index in [9.17, 15) is 4.79 Å². The standard InChI is InChI=1S/C16H23NO2/c1-14-5-3-8-17(12-14)9-4-10-19-16-7-2-6-15(11-16)13-18/h2,6-7,11,13-14H,3-5,8-10,12H2,1H3/t14-/m0/s1. The number of carbonyl (C=O) groups is 1. The summed E-state index contributed by atoms with van der Waals surface area (Å²) < 4.78 is 5.68. The Bertz CT molecular complexity index is 405. The van der Waals surface area contributed by atoms with E-state index in [1.54, 1.807) is 12.1 Å². The molecule has 1 aliphatic heterocycles. The van der Waals surface area contributed by atoms with Crippen LogP contribution >= 0.6 is 0 Å². The van der Waals surface area contributed by atoms with E-state index in [2.05, 4.69) is 11.8 Å². The zero-order valence-electron chi connectivity index (χ0n) is 11.7. The lowest BCUT2D eigenvalue weighted by Crippen LogP contribution is -2.35. The fourth-order valence-electron chi connectivity index (χ4n) is 2.65.